The number of fused-ring (bicyclic) bond motifs is 3. The fraction of sp³-hybridized carbons (Fsp3) is 0.375. The average molecular weight is 261 g/mol. The zero-order chi connectivity index (χ0) is 12.7. The SMILES string of the molecule is COc1cc2c(c3ccccc13)C(C)CCC2Cl. The van der Waals surface area contributed by atoms with Crippen molar-refractivity contribution in [3.8, 4) is 5.75 Å². The predicted octanol–water partition coefficient (Wildman–Crippen LogP) is 5.03. The summed E-state index contributed by atoms with van der Waals surface area (Å²) in [7, 11) is 1.73. The van der Waals surface area contributed by atoms with Crippen LogP contribution in [0.5, 0.6) is 5.75 Å². The molecule has 2 aromatic carbocycles. The Hall–Kier alpha value is -1.21. The highest BCUT2D eigenvalue weighted by Crippen LogP contribution is 2.46. The van der Waals surface area contributed by atoms with Gasteiger partial charge in [-0.2, -0.15) is 0 Å². The molecule has 0 amide bonds. The highest BCUT2D eigenvalue weighted by atomic mass is 35.5. The van der Waals surface area contributed by atoms with Crippen LogP contribution in [0.1, 0.15) is 42.2 Å². The Morgan fingerprint density at radius 3 is 2.61 bits per heavy atom. The number of methoxy groups -OCH3 is 1. The lowest BCUT2D eigenvalue weighted by atomic mass is 9.80. The van der Waals surface area contributed by atoms with E-state index in [0.717, 1.165) is 18.6 Å². The summed E-state index contributed by atoms with van der Waals surface area (Å²) in [6.45, 7) is 2.29. The van der Waals surface area contributed by atoms with E-state index in [2.05, 4.69) is 37.3 Å². The highest BCUT2D eigenvalue weighted by molar-refractivity contribution is 6.21. The standard InChI is InChI=1S/C16H17ClO/c1-10-7-8-14(17)13-9-15(18-2)11-5-3-4-6-12(11)16(10)13/h3-6,9-10,14H,7-8H2,1-2H3. The summed E-state index contributed by atoms with van der Waals surface area (Å²) in [5.41, 5.74) is 2.67. The van der Waals surface area contributed by atoms with E-state index in [1.807, 2.05) is 0 Å². The molecule has 0 fully saturated rings. The largest absolute Gasteiger partial charge is 0.496 e. The van der Waals surface area contributed by atoms with E-state index in [9.17, 15) is 0 Å². The van der Waals surface area contributed by atoms with Gasteiger partial charge in [-0.15, -0.1) is 11.6 Å². The van der Waals surface area contributed by atoms with Crippen molar-refractivity contribution in [3.05, 3.63) is 41.5 Å². The van der Waals surface area contributed by atoms with Gasteiger partial charge in [-0.3, -0.25) is 0 Å². The van der Waals surface area contributed by atoms with Gasteiger partial charge in [0.1, 0.15) is 5.75 Å². The summed E-state index contributed by atoms with van der Waals surface area (Å²) in [6.07, 6.45) is 2.22. The smallest absolute Gasteiger partial charge is 0.127 e. The van der Waals surface area contributed by atoms with Gasteiger partial charge >= 0.3 is 0 Å². The lowest BCUT2D eigenvalue weighted by Gasteiger charge is -2.28. The second-order valence-corrected chi connectivity index (χ2v) is 5.60. The van der Waals surface area contributed by atoms with Crippen LogP contribution in [0.25, 0.3) is 10.8 Å². The van der Waals surface area contributed by atoms with Gasteiger partial charge in [0.2, 0.25) is 0 Å². The van der Waals surface area contributed by atoms with Gasteiger partial charge in [-0.25, -0.2) is 0 Å². The summed E-state index contributed by atoms with van der Waals surface area (Å²) in [5.74, 6) is 1.51. The zero-order valence-electron chi connectivity index (χ0n) is 10.7. The molecule has 0 heterocycles. The molecule has 0 radical (unpaired) electrons. The van der Waals surface area contributed by atoms with Crippen LogP contribution in [0.15, 0.2) is 30.3 Å². The van der Waals surface area contributed by atoms with Crippen molar-refractivity contribution < 1.29 is 4.74 Å². The minimum Gasteiger partial charge on any atom is -0.496 e. The molecule has 2 aromatic rings. The molecule has 1 aliphatic carbocycles. The number of hydrogen-bond donors (Lipinski definition) is 0. The summed E-state index contributed by atoms with van der Waals surface area (Å²) in [4.78, 5) is 0. The summed E-state index contributed by atoms with van der Waals surface area (Å²) in [6, 6.07) is 10.6. The first-order valence-electron chi connectivity index (χ1n) is 6.46. The van der Waals surface area contributed by atoms with Crippen molar-refractivity contribution >= 4 is 22.4 Å². The first-order valence-corrected chi connectivity index (χ1v) is 6.89. The highest BCUT2D eigenvalue weighted by Gasteiger charge is 2.26. The molecule has 2 heteroatoms. The van der Waals surface area contributed by atoms with Crippen LogP contribution in [0.3, 0.4) is 0 Å². The van der Waals surface area contributed by atoms with E-state index in [4.69, 9.17) is 16.3 Å². The Morgan fingerprint density at radius 1 is 1.17 bits per heavy atom. The Morgan fingerprint density at radius 2 is 1.89 bits per heavy atom. The molecule has 18 heavy (non-hydrogen) atoms. The van der Waals surface area contributed by atoms with Crippen molar-refractivity contribution in [2.45, 2.75) is 31.1 Å². The normalized spacial score (nSPS) is 22.8. The molecule has 1 nitrogen and oxygen atoms in total. The third kappa shape index (κ3) is 1.69. The van der Waals surface area contributed by atoms with Gasteiger partial charge in [0.15, 0.2) is 0 Å². The molecule has 0 saturated carbocycles. The maximum atomic E-state index is 6.49. The fourth-order valence-corrected chi connectivity index (χ4v) is 3.37. The van der Waals surface area contributed by atoms with Crippen LogP contribution in [0.4, 0.5) is 0 Å². The lowest BCUT2D eigenvalue weighted by molar-refractivity contribution is 0.418. The van der Waals surface area contributed by atoms with Crippen molar-refractivity contribution in [1.82, 2.24) is 0 Å². The summed E-state index contributed by atoms with van der Waals surface area (Å²) < 4.78 is 5.52. The van der Waals surface area contributed by atoms with Crippen LogP contribution in [0, 0.1) is 0 Å². The van der Waals surface area contributed by atoms with E-state index in [0.29, 0.717) is 5.92 Å². The van der Waals surface area contributed by atoms with Gasteiger partial charge in [0.25, 0.3) is 0 Å². The van der Waals surface area contributed by atoms with Gasteiger partial charge in [0.05, 0.1) is 12.5 Å². The average Bonchev–Trinajstić information content (AvgIpc) is 2.41. The van der Waals surface area contributed by atoms with E-state index in [1.165, 1.54) is 21.9 Å². The second-order valence-electron chi connectivity index (χ2n) is 5.07. The van der Waals surface area contributed by atoms with E-state index in [1.54, 1.807) is 7.11 Å². The van der Waals surface area contributed by atoms with Crippen LogP contribution >= 0.6 is 11.6 Å². The van der Waals surface area contributed by atoms with E-state index in [-0.39, 0.29) is 5.38 Å². The first kappa shape index (κ1) is 11.9. The minimum atomic E-state index is 0.120. The predicted molar refractivity (Wildman–Crippen MR) is 76.7 cm³/mol. The number of ether oxygens (including phenoxy) is 1. The lowest BCUT2D eigenvalue weighted by Crippen LogP contribution is -2.10. The molecule has 0 saturated heterocycles. The van der Waals surface area contributed by atoms with E-state index < -0.39 is 0 Å². The molecular formula is C16H17ClO. The molecule has 0 aromatic heterocycles. The van der Waals surface area contributed by atoms with Crippen LogP contribution in [-0.4, -0.2) is 7.11 Å². The Kier molecular flexibility index (Phi) is 2.95. The quantitative estimate of drug-likeness (QED) is 0.654. The molecule has 0 aliphatic heterocycles. The maximum Gasteiger partial charge on any atom is 0.127 e. The molecule has 0 spiro atoms. The Labute approximate surface area is 113 Å². The number of hydrogen-bond acceptors (Lipinski definition) is 1. The van der Waals surface area contributed by atoms with Crippen molar-refractivity contribution in [2.75, 3.05) is 7.11 Å². The molecule has 3 rings (SSSR count). The second kappa shape index (κ2) is 4.47. The molecule has 2 atom stereocenters. The fourth-order valence-electron chi connectivity index (χ4n) is 3.06. The molecular weight excluding hydrogens is 244 g/mol. The van der Waals surface area contributed by atoms with Gasteiger partial charge in [0, 0.05) is 5.39 Å². The van der Waals surface area contributed by atoms with Crippen LogP contribution in [0.2, 0.25) is 0 Å². The Bertz CT molecular complexity index is 591. The Balaban J connectivity index is 2.39. The van der Waals surface area contributed by atoms with Gasteiger partial charge in [-0.05, 0) is 41.3 Å². The number of rotatable bonds is 1. The van der Waals surface area contributed by atoms with Crippen molar-refractivity contribution in [3.63, 3.8) is 0 Å². The summed E-state index contributed by atoms with van der Waals surface area (Å²) >= 11 is 6.49. The summed E-state index contributed by atoms with van der Waals surface area (Å²) in [5, 5.41) is 2.61. The van der Waals surface area contributed by atoms with Gasteiger partial charge in [-0.1, -0.05) is 31.2 Å². The van der Waals surface area contributed by atoms with Crippen LogP contribution in [-0.2, 0) is 0 Å². The molecule has 0 N–H and O–H groups in total. The van der Waals surface area contributed by atoms with Crippen molar-refractivity contribution in [1.29, 1.82) is 0 Å². The minimum absolute atomic E-state index is 0.120. The zero-order valence-corrected chi connectivity index (χ0v) is 11.5. The molecule has 0 bridgehead atoms. The monoisotopic (exact) mass is 260 g/mol. The molecule has 1 aliphatic rings. The van der Waals surface area contributed by atoms with Crippen molar-refractivity contribution in [2.24, 2.45) is 0 Å². The number of benzene rings is 2. The number of alkyl halides is 1. The maximum absolute atomic E-state index is 6.49. The topological polar surface area (TPSA) is 9.23 Å². The third-order valence-corrected chi connectivity index (χ3v) is 4.44. The molecule has 2 unspecified atom stereocenters. The number of halogens is 1. The third-order valence-electron chi connectivity index (χ3n) is 3.98. The van der Waals surface area contributed by atoms with E-state index >= 15 is 0 Å². The van der Waals surface area contributed by atoms with Gasteiger partial charge < -0.3 is 4.74 Å². The first-order chi connectivity index (χ1) is 8.72. The van der Waals surface area contributed by atoms with Crippen LogP contribution < -0.4 is 4.74 Å². The molecule has 94 valence electrons.